The molecular formula is C21H35ClIN3O2. The number of nitrogens with zero attached hydrogens (tertiary/aromatic N) is 1. The highest BCUT2D eigenvalue weighted by atomic mass is 127. The molecule has 1 aliphatic heterocycles. The summed E-state index contributed by atoms with van der Waals surface area (Å²) in [6, 6.07) is 8.18. The molecule has 1 heterocycles. The van der Waals surface area contributed by atoms with Crippen LogP contribution in [-0.4, -0.2) is 52.5 Å². The van der Waals surface area contributed by atoms with Crippen LogP contribution in [0.4, 0.5) is 0 Å². The van der Waals surface area contributed by atoms with Gasteiger partial charge in [-0.25, -0.2) is 0 Å². The van der Waals surface area contributed by atoms with Crippen molar-refractivity contribution in [2.24, 2.45) is 10.4 Å². The van der Waals surface area contributed by atoms with E-state index in [0.717, 1.165) is 43.6 Å². The van der Waals surface area contributed by atoms with Crippen LogP contribution < -0.4 is 10.6 Å². The molecule has 0 bridgehead atoms. The maximum atomic E-state index is 6.26. The number of methoxy groups -OCH3 is 1. The summed E-state index contributed by atoms with van der Waals surface area (Å²) >= 11 is 6.26. The molecule has 0 saturated carbocycles. The zero-order valence-electron chi connectivity index (χ0n) is 17.7. The lowest BCUT2D eigenvalue weighted by Gasteiger charge is -2.38. The second-order valence-electron chi connectivity index (χ2n) is 8.30. The lowest BCUT2D eigenvalue weighted by molar-refractivity contribution is 0.0204. The lowest BCUT2D eigenvalue weighted by atomic mass is 9.74. The molecule has 0 aromatic heterocycles. The third-order valence-corrected chi connectivity index (χ3v) is 5.65. The number of ether oxygens (including phenoxy) is 2. The molecule has 160 valence electrons. The molecule has 1 unspecified atom stereocenters. The minimum atomic E-state index is -0.00848. The normalized spacial score (nSPS) is 18.1. The van der Waals surface area contributed by atoms with Crippen molar-refractivity contribution in [2.75, 3.05) is 40.5 Å². The van der Waals surface area contributed by atoms with Crippen LogP contribution in [0, 0.1) is 5.41 Å². The van der Waals surface area contributed by atoms with Gasteiger partial charge in [-0.1, -0.05) is 44.5 Å². The predicted molar refractivity (Wildman–Crippen MR) is 128 cm³/mol. The van der Waals surface area contributed by atoms with Crippen molar-refractivity contribution < 1.29 is 9.47 Å². The van der Waals surface area contributed by atoms with Gasteiger partial charge in [0.2, 0.25) is 0 Å². The molecule has 28 heavy (non-hydrogen) atoms. The van der Waals surface area contributed by atoms with E-state index in [1.807, 2.05) is 12.1 Å². The minimum Gasteiger partial charge on any atom is -0.381 e. The molecule has 2 rings (SSSR count). The Labute approximate surface area is 192 Å². The summed E-state index contributed by atoms with van der Waals surface area (Å²) < 4.78 is 11.2. The van der Waals surface area contributed by atoms with Gasteiger partial charge in [-0.3, -0.25) is 4.99 Å². The molecule has 1 aromatic rings. The van der Waals surface area contributed by atoms with Gasteiger partial charge in [-0.2, -0.15) is 0 Å². The number of aliphatic imine (C=N–C) groups is 1. The molecule has 1 atom stereocenters. The number of hydrogen-bond donors (Lipinski definition) is 2. The van der Waals surface area contributed by atoms with E-state index < -0.39 is 0 Å². The predicted octanol–water partition coefficient (Wildman–Crippen LogP) is 4.23. The number of nitrogens with one attached hydrogen (secondary N) is 2. The Morgan fingerprint density at radius 2 is 1.96 bits per heavy atom. The zero-order chi connectivity index (χ0) is 19.9. The number of rotatable bonds is 6. The first kappa shape index (κ1) is 25.5. The summed E-state index contributed by atoms with van der Waals surface area (Å²) in [5.74, 6) is 0.786. The Morgan fingerprint density at radius 1 is 1.29 bits per heavy atom. The van der Waals surface area contributed by atoms with Crippen LogP contribution in [0.25, 0.3) is 0 Å². The van der Waals surface area contributed by atoms with Gasteiger partial charge in [0.25, 0.3) is 0 Å². The minimum absolute atomic E-state index is 0. The highest BCUT2D eigenvalue weighted by Gasteiger charge is 2.35. The monoisotopic (exact) mass is 523 g/mol. The number of benzene rings is 1. The molecule has 2 N–H and O–H groups in total. The lowest BCUT2D eigenvalue weighted by Crippen LogP contribution is -2.50. The fourth-order valence-corrected chi connectivity index (χ4v) is 3.74. The van der Waals surface area contributed by atoms with Gasteiger partial charge in [0.05, 0.1) is 6.10 Å². The van der Waals surface area contributed by atoms with Gasteiger partial charge in [0.1, 0.15) is 0 Å². The Bertz CT molecular complexity index is 628. The molecule has 0 spiro atoms. The van der Waals surface area contributed by atoms with Crippen LogP contribution in [0.2, 0.25) is 5.02 Å². The van der Waals surface area contributed by atoms with Gasteiger partial charge in [-0.05, 0) is 36.0 Å². The molecule has 5 nitrogen and oxygen atoms in total. The quantitative estimate of drug-likeness (QED) is 0.333. The Hall–Kier alpha value is -0.570. The summed E-state index contributed by atoms with van der Waals surface area (Å²) in [6.07, 6.45) is 2.01. The summed E-state index contributed by atoms with van der Waals surface area (Å²) in [4.78, 5) is 4.38. The van der Waals surface area contributed by atoms with Crippen LogP contribution in [0.1, 0.15) is 39.2 Å². The van der Waals surface area contributed by atoms with Gasteiger partial charge in [-0.15, -0.1) is 24.0 Å². The Kier molecular flexibility index (Phi) is 10.5. The maximum absolute atomic E-state index is 6.26. The van der Waals surface area contributed by atoms with E-state index in [2.05, 4.69) is 48.5 Å². The summed E-state index contributed by atoms with van der Waals surface area (Å²) in [7, 11) is 3.55. The van der Waals surface area contributed by atoms with E-state index in [0.29, 0.717) is 6.54 Å². The zero-order valence-corrected chi connectivity index (χ0v) is 20.8. The first-order valence-corrected chi connectivity index (χ1v) is 10.00. The van der Waals surface area contributed by atoms with Crippen molar-refractivity contribution in [3.05, 3.63) is 34.9 Å². The summed E-state index contributed by atoms with van der Waals surface area (Å²) in [6.45, 7) is 9.53. The van der Waals surface area contributed by atoms with Gasteiger partial charge >= 0.3 is 0 Å². The number of hydrogen-bond acceptors (Lipinski definition) is 3. The molecule has 0 aliphatic carbocycles. The van der Waals surface area contributed by atoms with Crippen molar-refractivity contribution in [3.63, 3.8) is 0 Å². The molecule has 1 fully saturated rings. The fourth-order valence-electron chi connectivity index (χ4n) is 3.55. The van der Waals surface area contributed by atoms with E-state index >= 15 is 0 Å². The Balaban J connectivity index is 0.00000392. The van der Waals surface area contributed by atoms with Crippen LogP contribution in [0.5, 0.6) is 0 Å². The van der Waals surface area contributed by atoms with Crippen molar-refractivity contribution in [3.8, 4) is 0 Å². The van der Waals surface area contributed by atoms with Crippen LogP contribution >= 0.6 is 35.6 Å². The molecule has 1 saturated heterocycles. The van der Waals surface area contributed by atoms with E-state index in [-0.39, 0.29) is 40.9 Å². The standard InChI is InChI=1S/C21H34ClN3O2.HI/c1-20(2,3)18(26-5)14-24-19(23-4)25-15-21(9-11-27-12-10-21)16-7-6-8-17(22)13-16;/h6-8,13,18H,9-12,14-15H2,1-5H3,(H2,23,24,25);1H. The van der Waals surface area contributed by atoms with Crippen molar-refractivity contribution in [1.82, 2.24) is 10.6 Å². The second kappa shape index (κ2) is 11.6. The van der Waals surface area contributed by atoms with Crippen molar-refractivity contribution >= 4 is 41.5 Å². The van der Waals surface area contributed by atoms with Crippen LogP contribution in [0.15, 0.2) is 29.3 Å². The fraction of sp³-hybridized carbons (Fsp3) is 0.667. The maximum Gasteiger partial charge on any atom is 0.191 e. The largest absolute Gasteiger partial charge is 0.381 e. The first-order valence-electron chi connectivity index (χ1n) is 9.62. The topological polar surface area (TPSA) is 54.9 Å². The third kappa shape index (κ3) is 7.04. The Morgan fingerprint density at radius 3 is 2.50 bits per heavy atom. The van der Waals surface area contributed by atoms with Crippen molar-refractivity contribution in [2.45, 2.75) is 45.1 Å². The van der Waals surface area contributed by atoms with Gasteiger partial charge in [0.15, 0.2) is 5.96 Å². The third-order valence-electron chi connectivity index (χ3n) is 5.41. The molecular weight excluding hydrogens is 489 g/mol. The summed E-state index contributed by atoms with van der Waals surface area (Å²) in [5, 5.41) is 7.69. The molecule has 1 aromatic carbocycles. The van der Waals surface area contributed by atoms with Crippen LogP contribution in [-0.2, 0) is 14.9 Å². The van der Waals surface area contributed by atoms with E-state index in [4.69, 9.17) is 21.1 Å². The average molecular weight is 524 g/mol. The number of halogens is 2. The first-order chi connectivity index (χ1) is 12.8. The number of guanidine groups is 1. The van der Waals surface area contributed by atoms with E-state index in [1.54, 1.807) is 14.2 Å². The molecule has 1 aliphatic rings. The smallest absolute Gasteiger partial charge is 0.191 e. The van der Waals surface area contributed by atoms with E-state index in [1.165, 1.54) is 5.56 Å². The van der Waals surface area contributed by atoms with E-state index in [9.17, 15) is 0 Å². The summed E-state index contributed by atoms with van der Waals surface area (Å²) in [5.41, 5.74) is 1.31. The highest BCUT2D eigenvalue weighted by molar-refractivity contribution is 14.0. The SMILES string of the molecule is CN=C(NCC(OC)C(C)(C)C)NCC1(c2cccc(Cl)c2)CCOCC1.I. The van der Waals surface area contributed by atoms with Crippen LogP contribution in [0.3, 0.4) is 0 Å². The molecule has 7 heteroatoms. The van der Waals surface area contributed by atoms with Crippen molar-refractivity contribution in [1.29, 1.82) is 0 Å². The van der Waals surface area contributed by atoms with Gasteiger partial charge < -0.3 is 20.1 Å². The van der Waals surface area contributed by atoms with Gasteiger partial charge in [0, 0.05) is 50.9 Å². The molecule has 0 amide bonds. The highest BCUT2D eigenvalue weighted by Crippen LogP contribution is 2.35. The molecule has 0 radical (unpaired) electrons. The average Bonchev–Trinajstić information content (AvgIpc) is 2.64. The second-order valence-corrected chi connectivity index (χ2v) is 8.74.